The fourth-order valence-corrected chi connectivity index (χ4v) is 4.11. The monoisotopic (exact) mass is 402 g/mol. The van der Waals surface area contributed by atoms with Crippen LogP contribution in [0.25, 0.3) is 0 Å². The maximum Gasteiger partial charge on any atom is 0.187 e. The van der Waals surface area contributed by atoms with Gasteiger partial charge in [-0.3, -0.25) is 9.80 Å². The highest BCUT2D eigenvalue weighted by Crippen LogP contribution is 2.22. The van der Waals surface area contributed by atoms with Gasteiger partial charge in [0.15, 0.2) is 5.16 Å². The van der Waals surface area contributed by atoms with Crippen LogP contribution in [0.5, 0.6) is 5.75 Å². The summed E-state index contributed by atoms with van der Waals surface area (Å²) in [7, 11) is 1.71. The molecule has 2 heterocycles. The number of thioether (sulfide) groups is 1. The number of hydrogen-bond acceptors (Lipinski definition) is 7. The summed E-state index contributed by atoms with van der Waals surface area (Å²) in [5.74, 6) is 0.926. The quantitative estimate of drug-likeness (QED) is 0.538. The van der Waals surface area contributed by atoms with E-state index in [1.54, 1.807) is 18.9 Å². The van der Waals surface area contributed by atoms with Crippen molar-refractivity contribution < 1.29 is 9.84 Å². The molecule has 0 spiro atoms. The SMILES string of the molecule is COc1ccc(CN2CCN(Cc3cnc(SC)nc3)C[C@@H]2CCO)cc1C. The van der Waals surface area contributed by atoms with Gasteiger partial charge in [0.1, 0.15) is 5.75 Å². The first kappa shape index (κ1) is 21.0. The molecule has 1 saturated heterocycles. The first-order chi connectivity index (χ1) is 13.6. The molecule has 6 nitrogen and oxygen atoms in total. The van der Waals surface area contributed by atoms with Crippen molar-refractivity contribution in [3.8, 4) is 5.75 Å². The van der Waals surface area contributed by atoms with Crippen LogP contribution in [0.1, 0.15) is 23.1 Å². The van der Waals surface area contributed by atoms with Crippen LogP contribution in [-0.2, 0) is 13.1 Å². The van der Waals surface area contributed by atoms with Crippen molar-refractivity contribution >= 4 is 11.8 Å². The number of aliphatic hydroxyl groups excluding tert-OH is 1. The minimum atomic E-state index is 0.210. The molecule has 0 saturated carbocycles. The van der Waals surface area contributed by atoms with Gasteiger partial charge in [-0.25, -0.2) is 9.97 Å². The standard InChI is InChI=1S/C21H30N4O2S/c1-16-10-17(4-5-20(16)27-2)14-25-8-7-24(15-19(25)6-9-26)13-18-11-22-21(28-3)23-12-18/h4-5,10-12,19,26H,6-9,13-15H2,1-3H3/t19-/m0/s1. The van der Waals surface area contributed by atoms with E-state index in [0.717, 1.165) is 61.2 Å². The molecule has 1 aromatic carbocycles. The molecule has 1 aliphatic rings. The Morgan fingerprint density at radius 1 is 1.18 bits per heavy atom. The number of methoxy groups -OCH3 is 1. The third-order valence-electron chi connectivity index (χ3n) is 5.27. The van der Waals surface area contributed by atoms with E-state index in [-0.39, 0.29) is 6.61 Å². The Bertz CT molecular complexity index is 757. The fraction of sp³-hybridized carbons (Fsp3) is 0.524. The van der Waals surface area contributed by atoms with E-state index in [9.17, 15) is 5.11 Å². The van der Waals surface area contributed by atoms with Crippen LogP contribution in [0.2, 0.25) is 0 Å². The molecule has 152 valence electrons. The van der Waals surface area contributed by atoms with Crippen molar-refractivity contribution in [3.63, 3.8) is 0 Å². The number of piperazine rings is 1. The Labute approximate surface area is 171 Å². The number of benzene rings is 1. The molecule has 2 aromatic rings. The Morgan fingerprint density at radius 3 is 2.61 bits per heavy atom. The summed E-state index contributed by atoms with van der Waals surface area (Å²) < 4.78 is 5.37. The highest BCUT2D eigenvalue weighted by atomic mass is 32.2. The average molecular weight is 403 g/mol. The van der Waals surface area contributed by atoms with Crippen molar-refractivity contribution in [1.29, 1.82) is 0 Å². The summed E-state index contributed by atoms with van der Waals surface area (Å²) >= 11 is 1.56. The lowest BCUT2D eigenvalue weighted by molar-refractivity contribution is 0.0498. The van der Waals surface area contributed by atoms with E-state index in [4.69, 9.17) is 4.74 Å². The van der Waals surface area contributed by atoms with Crippen LogP contribution in [0, 0.1) is 6.92 Å². The highest BCUT2D eigenvalue weighted by Gasteiger charge is 2.26. The number of nitrogens with zero attached hydrogens (tertiary/aromatic N) is 4. The van der Waals surface area contributed by atoms with Crippen LogP contribution in [0.15, 0.2) is 35.7 Å². The van der Waals surface area contributed by atoms with Gasteiger partial charge in [-0.1, -0.05) is 23.9 Å². The fourth-order valence-electron chi connectivity index (χ4n) is 3.79. The number of rotatable bonds is 8. The van der Waals surface area contributed by atoms with Crippen molar-refractivity contribution in [2.24, 2.45) is 0 Å². The van der Waals surface area contributed by atoms with Gasteiger partial charge in [0.2, 0.25) is 0 Å². The minimum Gasteiger partial charge on any atom is -0.496 e. The van der Waals surface area contributed by atoms with Crippen LogP contribution in [0.3, 0.4) is 0 Å². The van der Waals surface area contributed by atoms with Crippen LogP contribution in [0.4, 0.5) is 0 Å². The third kappa shape index (κ3) is 5.44. The molecule has 0 radical (unpaired) electrons. The van der Waals surface area contributed by atoms with Gasteiger partial charge in [-0.05, 0) is 36.8 Å². The first-order valence-corrected chi connectivity index (χ1v) is 10.9. The zero-order valence-corrected chi connectivity index (χ0v) is 17.8. The Hall–Kier alpha value is -1.67. The summed E-state index contributed by atoms with van der Waals surface area (Å²) in [5.41, 5.74) is 3.58. The molecular formula is C21H30N4O2S. The van der Waals surface area contributed by atoms with Gasteiger partial charge in [0.25, 0.3) is 0 Å². The predicted molar refractivity (Wildman–Crippen MR) is 113 cm³/mol. The van der Waals surface area contributed by atoms with Gasteiger partial charge in [-0.2, -0.15) is 0 Å². The summed E-state index contributed by atoms with van der Waals surface area (Å²) in [4.78, 5) is 13.7. The zero-order valence-electron chi connectivity index (χ0n) is 17.0. The largest absolute Gasteiger partial charge is 0.496 e. The molecule has 0 bridgehead atoms. The molecular weight excluding hydrogens is 372 g/mol. The number of aromatic nitrogens is 2. The molecule has 1 atom stereocenters. The molecule has 1 fully saturated rings. The molecule has 0 amide bonds. The van der Waals surface area contributed by atoms with E-state index in [1.165, 1.54) is 5.56 Å². The van der Waals surface area contributed by atoms with Crippen molar-refractivity contribution in [2.75, 3.05) is 39.6 Å². The molecule has 7 heteroatoms. The summed E-state index contributed by atoms with van der Waals surface area (Å²) in [6.45, 7) is 6.97. The van der Waals surface area contributed by atoms with E-state index in [1.807, 2.05) is 24.7 Å². The number of hydrogen-bond donors (Lipinski definition) is 1. The second-order valence-corrected chi connectivity index (χ2v) is 8.03. The van der Waals surface area contributed by atoms with Crippen LogP contribution >= 0.6 is 11.8 Å². The lowest BCUT2D eigenvalue weighted by atomic mass is 10.0. The maximum absolute atomic E-state index is 9.56. The zero-order chi connectivity index (χ0) is 19.9. The smallest absolute Gasteiger partial charge is 0.187 e. The van der Waals surface area contributed by atoms with Gasteiger partial charge < -0.3 is 9.84 Å². The Morgan fingerprint density at radius 2 is 1.96 bits per heavy atom. The second-order valence-electron chi connectivity index (χ2n) is 7.25. The summed E-state index contributed by atoms with van der Waals surface area (Å²) in [6.07, 6.45) is 6.62. The summed E-state index contributed by atoms with van der Waals surface area (Å²) in [6, 6.07) is 6.72. The average Bonchev–Trinajstić information content (AvgIpc) is 2.71. The molecule has 3 rings (SSSR count). The number of aliphatic hydroxyl groups is 1. The lowest BCUT2D eigenvalue weighted by Crippen LogP contribution is -2.52. The summed E-state index contributed by atoms with van der Waals surface area (Å²) in [5, 5.41) is 10.4. The molecule has 1 aliphatic heterocycles. The predicted octanol–water partition coefficient (Wildman–Crippen LogP) is 2.58. The van der Waals surface area contributed by atoms with E-state index in [2.05, 4.69) is 38.8 Å². The topological polar surface area (TPSA) is 61.7 Å². The highest BCUT2D eigenvalue weighted by molar-refractivity contribution is 7.98. The van der Waals surface area contributed by atoms with Crippen molar-refractivity contribution in [2.45, 2.75) is 37.6 Å². The maximum atomic E-state index is 9.56. The molecule has 1 N–H and O–H groups in total. The van der Waals surface area contributed by atoms with E-state index < -0.39 is 0 Å². The number of aryl methyl sites for hydroxylation is 1. The van der Waals surface area contributed by atoms with Crippen LogP contribution < -0.4 is 4.74 Å². The van der Waals surface area contributed by atoms with Gasteiger partial charge in [-0.15, -0.1) is 0 Å². The van der Waals surface area contributed by atoms with Crippen molar-refractivity contribution in [1.82, 2.24) is 19.8 Å². The molecule has 0 aliphatic carbocycles. The third-order valence-corrected chi connectivity index (χ3v) is 5.84. The first-order valence-electron chi connectivity index (χ1n) is 9.68. The van der Waals surface area contributed by atoms with Crippen LogP contribution in [-0.4, -0.2) is 70.5 Å². The normalized spacial score (nSPS) is 18.4. The van der Waals surface area contributed by atoms with E-state index >= 15 is 0 Å². The molecule has 0 unspecified atom stereocenters. The minimum absolute atomic E-state index is 0.210. The second kappa shape index (κ2) is 10.2. The number of ether oxygens (including phenoxy) is 1. The van der Waals surface area contributed by atoms with Gasteiger partial charge in [0, 0.05) is 63.3 Å². The Kier molecular flexibility index (Phi) is 7.67. The lowest BCUT2D eigenvalue weighted by Gasteiger charge is -2.41. The Balaban J connectivity index is 1.62. The molecule has 28 heavy (non-hydrogen) atoms. The van der Waals surface area contributed by atoms with E-state index in [0.29, 0.717) is 6.04 Å². The van der Waals surface area contributed by atoms with Gasteiger partial charge >= 0.3 is 0 Å². The van der Waals surface area contributed by atoms with Crippen molar-refractivity contribution in [3.05, 3.63) is 47.3 Å². The molecule has 1 aromatic heterocycles. The van der Waals surface area contributed by atoms with Gasteiger partial charge in [0.05, 0.1) is 7.11 Å².